The van der Waals surface area contributed by atoms with Crippen molar-refractivity contribution in [1.29, 1.82) is 0 Å². The molecule has 0 bridgehead atoms. The number of methoxy groups -OCH3 is 1. The molecule has 0 radical (unpaired) electrons. The van der Waals surface area contributed by atoms with Crippen LogP contribution < -0.4 is 9.47 Å². The van der Waals surface area contributed by atoms with Crippen LogP contribution in [-0.2, 0) is 13.2 Å². The van der Waals surface area contributed by atoms with E-state index in [0.29, 0.717) is 28.7 Å². The van der Waals surface area contributed by atoms with Gasteiger partial charge in [0, 0.05) is 6.20 Å². The van der Waals surface area contributed by atoms with Gasteiger partial charge in [-0.1, -0.05) is 17.7 Å². The van der Waals surface area contributed by atoms with Crippen LogP contribution in [-0.4, -0.2) is 17.2 Å². The van der Waals surface area contributed by atoms with Crippen LogP contribution in [0.2, 0.25) is 5.02 Å². The molecule has 0 amide bonds. The molecule has 0 aliphatic rings. The zero-order chi connectivity index (χ0) is 13.7. The second-order valence-electron chi connectivity index (χ2n) is 3.88. The topological polar surface area (TPSA) is 51.6 Å². The summed E-state index contributed by atoms with van der Waals surface area (Å²) in [5.74, 6) is 0.944. The number of aliphatic hydroxyl groups excluding tert-OH is 1. The lowest BCUT2D eigenvalue weighted by molar-refractivity contribution is 0.272. The molecule has 5 heteroatoms. The maximum atomic E-state index is 9.12. The summed E-state index contributed by atoms with van der Waals surface area (Å²) in [4.78, 5) is 4.16. The Bertz CT molecular complexity index is 546. The van der Waals surface area contributed by atoms with Gasteiger partial charge in [-0.25, -0.2) is 0 Å². The van der Waals surface area contributed by atoms with Crippen LogP contribution in [0.15, 0.2) is 36.5 Å². The largest absolute Gasteiger partial charge is 0.493 e. The molecule has 1 aromatic heterocycles. The molecule has 0 atom stereocenters. The van der Waals surface area contributed by atoms with Gasteiger partial charge in [0.05, 0.1) is 24.4 Å². The second kappa shape index (κ2) is 6.41. The zero-order valence-electron chi connectivity index (χ0n) is 10.5. The van der Waals surface area contributed by atoms with Gasteiger partial charge in [-0.2, -0.15) is 0 Å². The van der Waals surface area contributed by atoms with E-state index in [2.05, 4.69) is 4.98 Å². The minimum Gasteiger partial charge on any atom is -0.493 e. The number of ether oxygens (including phenoxy) is 2. The highest BCUT2D eigenvalue weighted by Gasteiger charge is 2.12. The number of benzene rings is 1. The van der Waals surface area contributed by atoms with E-state index in [1.807, 2.05) is 18.2 Å². The number of hydrogen-bond acceptors (Lipinski definition) is 4. The molecule has 0 unspecified atom stereocenters. The molecule has 0 aliphatic heterocycles. The summed E-state index contributed by atoms with van der Waals surface area (Å²) in [5.41, 5.74) is 1.47. The van der Waals surface area contributed by atoms with Gasteiger partial charge in [0.2, 0.25) is 0 Å². The SMILES string of the molecule is COc1cc(CO)cc(Cl)c1OCc1ccccn1. The van der Waals surface area contributed by atoms with Crippen molar-refractivity contribution in [1.82, 2.24) is 4.98 Å². The highest BCUT2D eigenvalue weighted by molar-refractivity contribution is 6.32. The quantitative estimate of drug-likeness (QED) is 0.914. The number of aromatic nitrogens is 1. The number of rotatable bonds is 5. The summed E-state index contributed by atoms with van der Waals surface area (Å²) in [6.07, 6.45) is 1.70. The van der Waals surface area contributed by atoms with E-state index >= 15 is 0 Å². The Kier molecular flexibility index (Phi) is 4.60. The fourth-order valence-corrected chi connectivity index (χ4v) is 1.92. The van der Waals surface area contributed by atoms with E-state index in [-0.39, 0.29) is 6.61 Å². The number of hydrogen-bond donors (Lipinski definition) is 1. The van der Waals surface area contributed by atoms with E-state index in [0.717, 1.165) is 5.69 Å². The molecule has 0 spiro atoms. The highest BCUT2D eigenvalue weighted by atomic mass is 35.5. The first-order valence-electron chi connectivity index (χ1n) is 5.74. The molecule has 1 aromatic carbocycles. The summed E-state index contributed by atoms with van der Waals surface area (Å²) in [6.45, 7) is 0.200. The molecule has 0 saturated carbocycles. The minimum absolute atomic E-state index is 0.101. The van der Waals surface area contributed by atoms with Crippen molar-refractivity contribution in [3.8, 4) is 11.5 Å². The number of halogens is 1. The smallest absolute Gasteiger partial charge is 0.180 e. The van der Waals surface area contributed by atoms with Crippen LogP contribution in [0.4, 0.5) is 0 Å². The molecule has 0 saturated heterocycles. The summed E-state index contributed by atoms with van der Waals surface area (Å²) in [6, 6.07) is 8.94. The lowest BCUT2D eigenvalue weighted by Crippen LogP contribution is -2.01. The molecular formula is C14H14ClNO3. The normalized spacial score (nSPS) is 10.3. The maximum Gasteiger partial charge on any atom is 0.180 e. The van der Waals surface area contributed by atoms with E-state index in [1.165, 1.54) is 7.11 Å². The first-order chi connectivity index (χ1) is 9.24. The fraction of sp³-hybridized carbons (Fsp3) is 0.214. The third kappa shape index (κ3) is 3.36. The maximum absolute atomic E-state index is 9.12. The van der Waals surface area contributed by atoms with Crippen LogP contribution in [0.25, 0.3) is 0 Å². The van der Waals surface area contributed by atoms with Gasteiger partial charge in [-0.15, -0.1) is 0 Å². The molecule has 1 heterocycles. The number of nitrogens with zero attached hydrogens (tertiary/aromatic N) is 1. The van der Waals surface area contributed by atoms with Crippen LogP contribution in [0, 0.1) is 0 Å². The molecule has 4 nitrogen and oxygen atoms in total. The Morgan fingerprint density at radius 2 is 2.16 bits per heavy atom. The summed E-state index contributed by atoms with van der Waals surface area (Å²) in [5, 5.41) is 9.52. The first kappa shape index (κ1) is 13.6. The molecule has 1 N–H and O–H groups in total. The molecule has 2 rings (SSSR count). The summed E-state index contributed by atoms with van der Waals surface area (Å²) >= 11 is 6.12. The third-order valence-electron chi connectivity index (χ3n) is 2.56. The van der Waals surface area contributed by atoms with E-state index in [4.69, 9.17) is 26.2 Å². The molecule has 0 aliphatic carbocycles. The van der Waals surface area contributed by atoms with Gasteiger partial charge in [0.1, 0.15) is 6.61 Å². The van der Waals surface area contributed by atoms with E-state index in [1.54, 1.807) is 18.3 Å². The Balaban J connectivity index is 2.20. The Morgan fingerprint density at radius 1 is 1.32 bits per heavy atom. The van der Waals surface area contributed by atoms with Crippen LogP contribution >= 0.6 is 11.6 Å². The van der Waals surface area contributed by atoms with Crippen LogP contribution in [0.5, 0.6) is 11.5 Å². The van der Waals surface area contributed by atoms with E-state index < -0.39 is 0 Å². The highest BCUT2D eigenvalue weighted by Crippen LogP contribution is 2.36. The van der Waals surface area contributed by atoms with Crippen molar-refractivity contribution < 1.29 is 14.6 Å². The van der Waals surface area contributed by atoms with Gasteiger partial charge in [0.15, 0.2) is 11.5 Å². The van der Waals surface area contributed by atoms with Crippen LogP contribution in [0.3, 0.4) is 0 Å². The Hall–Kier alpha value is -1.78. The van der Waals surface area contributed by atoms with Crippen LogP contribution in [0.1, 0.15) is 11.3 Å². The fourth-order valence-electron chi connectivity index (χ4n) is 1.63. The van der Waals surface area contributed by atoms with Gasteiger partial charge in [-0.3, -0.25) is 4.98 Å². The Morgan fingerprint density at radius 3 is 2.79 bits per heavy atom. The average molecular weight is 280 g/mol. The molecule has 19 heavy (non-hydrogen) atoms. The molecule has 2 aromatic rings. The van der Waals surface area contributed by atoms with Crippen molar-refractivity contribution in [2.24, 2.45) is 0 Å². The lowest BCUT2D eigenvalue weighted by atomic mass is 10.2. The average Bonchev–Trinajstić information content (AvgIpc) is 2.46. The zero-order valence-corrected chi connectivity index (χ0v) is 11.2. The van der Waals surface area contributed by atoms with Crippen molar-refractivity contribution in [3.63, 3.8) is 0 Å². The van der Waals surface area contributed by atoms with Gasteiger partial charge < -0.3 is 14.6 Å². The van der Waals surface area contributed by atoms with E-state index in [9.17, 15) is 0 Å². The minimum atomic E-state index is -0.101. The number of pyridine rings is 1. The van der Waals surface area contributed by atoms with Crippen molar-refractivity contribution in [3.05, 3.63) is 52.8 Å². The van der Waals surface area contributed by atoms with Gasteiger partial charge in [-0.05, 0) is 29.8 Å². The predicted octanol–water partition coefficient (Wildman–Crippen LogP) is 2.81. The van der Waals surface area contributed by atoms with Gasteiger partial charge in [0.25, 0.3) is 0 Å². The Labute approximate surface area is 116 Å². The third-order valence-corrected chi connectivity index (χ3v) is 2.84. The number of aliphatic hydroxyl groups is 1. The second-order valence-corrected chi connectivity index (χ2v) is 4.28. The standard InChI is InChI=1S/C14H14ClNO3/c1-18-13-7-10(8-17)6-12(15)14(13)19-9-11-4-2-3-5-16-11/h2-7,17H,8-9H2,1H3. The molecule has 100 valence electrons. The monoisotopic (exact) mass is 279 g/mol. The molecule has 0 fully saturated rings. The van der Waals surface area contributed by atoms with Gasteiger partial charge >= 0.3 is 0 Å². The van der Waals surface area contributed by atoms with Crippen molar-refractivity contribution in [2.75, 3.05) is 7.11 Å². The summed E-state index contributed by atoms with van der Waals surface area (Å²) in [7, 11) is 1.53. The first-order valence-corrected chi connectivity index (χ1v) is 6.12. The van der Waals surface area contributed by atoms with Crippen molar-refractivity contribution in [2.45, 2.75) is 13.2 Å². The predicted molar refractivity (Wildman–Crippen MR) is 72.5 cm³/mol. The lowest BCUT2D eigenvalue weighted by Gasteiger charge is -2.13. The van der Waals surface area contributed by atoms with Crippen molar-refractivity contribution >= 4 is 11.6 Å². The molecular weight excluding hydrogens is 266 g/mol. The summed E-state index contributed by atoms with van der Waals surface area (Å²) < 4.78 is 10.9.